The number of ketones is 1. The zero-order valence-electron chi connectivity index (χ0n) is 13.6. The number of rotatable bonds is 6. The molecule has 0 aromatic rings. The van der Waals surface area contributed by atoms with E-state index in [0.717, 1.165) is 13.1 Å². The third-order valence-corrected chi connectivity index (χ3v) is 4.10. The highest BCUT2D eigenvalue weighted by Crippen LogP contribution is 2.19. The second-order valence-corrected chi connectivity index (χ2v) is 6.60. The van der Waals surface area contributed by atoms with Gasteiger partial charge in [-0.05, 0) is 32.9 Å². The van der Waals surface area contributed by atoms with Crippen LogP contribution in [0, 0.1) is 11.8 Å². The number of likely N-dealkylation sites (N-methyl/N-ethyl adjacent to an activating group) is 1. The van der Waals surface area contributed by atoms with Crippen LogP contribution in [-0.2, 0) is 9.59 Å². The molecule has 5 heteroatoms. The summed E-state index contributed by atoms with van der Waals surface area (Å²) in [5.74, 6) is 0.662. The molecule has 1 saturated heterocycles. The summed E-state index contributed by atoms with van der Waals surface area (Å²) in [4.78, 5) is 28.0. The highest BCUT2D eigenvalue weighted by atomic mass is 16.2. The maximum absolute atomic E-state index is 12.1. The first kappa shape index (κ1) is 17.1. The summed E-state index contributed by atoms with van der Waals surface area (Å²) < 4.78 is 0. The second kappa shape index (κ2) is 7.18. The lowest BCUT2D eigenvalue weighted by atomic mass is 10.0. The lowest BCUT2D eigenvalue weighted by Gasteiger charge is -2.23. The Morgan fingerprint density at radius 3 is 2.30 bits per heavy atom. The molecule has 116 valence electrons. The molecule has 0 bridgehead atoms. The fourth-order valence-electron chi connectivity index (χ4n) is 3.01. The maximum atomic E-state index is 12.1. The van der Waals surface area contributed by atoms with Gasteiger partial charge in [-0.3, -0.25) is 14.5 Å². The van der Waals surface area contributed by atoms with Crippen LogP contribution in [-0.4, -0.2) is 67.3 Å². The van der Waals surface area contributed by atoms with Gasteiger partial charge in [-0.25, -0.2) is 0 Å². The van der Waals surface area contributed by atoms with Crippen molar-refractivity contribution in [2.45, 2.75) is 39.8 Å². The molecule has 5 nitrogen and oxygen atoms in total. The van der Waals surface area contributed by atoms with Gasteiger partial charge in [0, 0.05) is 19.1 Å². The van der Waals surface area contributed by atoms with E-state index in [-0.39, 0.29) is 23.7 Å². The van der Waals surface area contributed by atoms with Crippen molar-refractivity contribution in [2.75, 3.05) is 33.7 Å². The molecule has 0 aliphatic carbocycles. The number of carbonyl (C=O) groups excluding carboxylic acids is 2. The number of nitrogens with zero attached hydrogens (tertiary/aromatic N) is 2. The van der Waals surface area contributed by atoms with E-state index in [1.54, 1.807) is 0 Å². The monoisotopic (exact) mass is 283 g/mol. The van der Waals surface area contributed by atoms with E-state index < -0.39 is 0 Å². The molecule has 0 aromatic heterocycles. The zero-order chi connectivity index (χ0) is 15.4. The summed E-state index contributed by atoms with van der Waals surface area (Å²) in [6.07, 6.45) is 0. The summed E-state index contributed by atoms with van der Waals surface area (Å²) in [5.41, 5.74) is 0. The van der Waals surface area contributed by atoms with Crippen LogP contribution in [0.4, 0.5) is 0 Å². The lowest BCUT2D eigenvalue weighted by molar-refractivity contribution is -0.128. The van der Waals surface area contributed by atoms with E-state index in [9.17, 15) is 9.59 Å². The number of nitrogens with one attached hydrogen (secondary N) is 1. The molecule has 1 fully saturated rings. The number of hydrogen-bond donors (Lipinski definition) is 1. The van der Waals surface area contributed by atoms with E-state index in [1.165, 1.54) is 6.92 Å². The van der Waals surface area contributed by atoms with Crippen molar-refractivity contribution in [3.05, 3.63) is 0 Å². The van der Waals surface area contributed by atoms with E-state index in [0.29, 0.717) is 18.5 Å². The molecule has 3 unspecified atom stereocenters. The topological polar surface area (TPSA) is 52.7 Å². The van der Waals surface area contributed by atoms with Crippen LogP contribution >= 0.6 is 0 Å². The second-order valence-electron chi connectivity index (χ2n) is 6.60. The molecule has 1 N–H and O–H groups in total. The average Bonchev–Trinajstić information content (AvgIpc) is 2.66. The molecule has 20 heavy (non-hydrogen) atoms. The number of carbonyl (C=O) groups is 2. The fourth-order valence-corrected chi connectivity index (χ4v) is 3.01. The van der Waals surface area contributed by atoms with Crippen molar-refractivity contribution < 1.29 is 9.59 Å². The minimum absolute atomic E-state index is 0.0225. The number of Topliss-reactive ketones (excluding diaryl/α,β-unsaturated/α-hetero) is 1. The van der Waals surface area contributed by atoms with E-state index in [1.807, 2.05) is 13.8 Å². The van der Waals surface area contributed by atoms with E-state index >= 15 is 0 Å². The molecule has 1 amide bonds. The van der Waals surface area contributed by atoms with Gasteiger partial charge >= 0.3 is 0 Å². The first-order valence-corrected chi connectivity index (χ1v) is 7.41. The Kier molecular flexibility index (Phi) is 6.14. The van der Waals surface area contributed by atoms with Gasteiger partial charge in [-0.15, -0.1) is 0 Å². The largest absolute Gasteiger partial charge is 0.345 e. The van der Waals surface area contributed by atoms with Crippen LogP contribution < -0.4 is 5.32 Å². The van der Waals surface area contributed by atoms with E-state index in [2.05, 4.69) is 36.1 Å². The van der Waals surface area contributed by atoms with Crippen molar-refractivity contribution in [1.29, 1.82) is 0 Å². The fraction of sp³-hybridized carbons (Fsp3) is 0.867. The summed E-state index contributed by atoms with van der Waals surface area (Å²) >= 11 is 0. The third kappa shape index (κ3) is 4.56. The molecular formula is C15H29N3O2. The molecule has 0 aromatic carbocycles. The highest BCUT2D eigenvalue weighted by molar-refractivity contribution is 5.88. The number of hydrogen-bond acceptors (Lipinski definition) is 4. The Labute approximate surface area is 122 Å². The standard InChI is InChI=1S/C15H29N3O2/c1-10(2)15(12(4)19)16-14(20)9-18-7-11(3)13(8-18)17(5)6/h10-11,13,15H,7-9H2,1-6H3,(H,16,20). The quantitative estimate of drug-likeness (QED) is 0.775. The van der Waals surface area contributed by atoms with Crippen molar-refractivity contribution >= 4 is 11.7 Å². The lowest BCUT2D eigenvalue weighted by Crippen LogP contribution is -2.47. The highest BCUT2D eigenvalue weighted by Gasteiger charge is 2.32. The molecule has 0 radical (unpaired) electrons. The smallest absolute Gasteiger partial charge is 0.234 e. The molecule has 1 heterocycles. The molecule has 1 aliphatic heterocycles. The molecule has 1 rings (SSSR count). The molecule has 0 saturated carbocycles. The first-order valence-electron chi connectivity index (χ1n) is 7.41. The van der Waals surface area contributed by atoms with Crippen LogP contribution in [0.2, 0.25) is 0 Å². The van der Waals surface area contributed by atoms with Crippen LogP contribution in [0.15, 0.2) is 0 Å². The first-order chi connectivity index (χ1) is 9.22. The van der Waals surface area contributed by atoms with Crippen LogP contribution in [0.1, 0.15) is 27.7 Å². The predicted molar refractivity (Wildman–Crippen MR) is 80.5 cm³/mol. The van der Waals surface area contributed by atoms with Crippen LogP contribution in [0.3, 0.4) is 0 Å². The summed E-state index contributed by atoms with van der Waals surface area (Å²) in [6.45, 7) is 9.88. The summed E-state index contributed by atoms with van der Waals surface area (Å²) in [5, 5.41) is 2.86. The van der Waals surface area contributed by atoms with Gasteiger partial charge in [0.15, 0.2) is 5.78 Å². The predicted octanol–water partition coefficient (Wildman–Crippen LogP) is 0.598. The van der Waals surface area contributed by atoms with Gasteiger partial charge in [-0.1, -0.05) is 20.8 Å². The Morgan fingerprint density at radius 1 is 1.30 bits per heavy atom. The Morgan fingerprint density at radius 2 is 1.90 bits per heavy atom. The SMILES string of the molecule is CC(=O)C(NC(=O)CN1CC(C)C(N(C)C)C1)C(C)C. The minimum atomic E-state index is -0.368. The average molecular weight is 283 g/mol. The van der Waals surface area contributed by atoms with Crippen LogP contribution in [0.5, 0.6) is 0 Å². The van der Waals surface area contributed by atoms with E-state index in [4.69, 9.17) is 0 Å². The summed E-state index contributed by atoms with van der Waals surface area (Å²) in [6, 6.07) is 0.128. The van der Waals surface area contributed by atoms with Gasteiger partial charge < -0.3 is 10.2 Å². The van der Waals surface area contributed by atoms with Crippen molar-refractivity contribution in [3.63, 3.8) is 0 Å². The minimum Gasteiger partial charge on any atom is -0.345 e. The number of amides is 1. The number of likely N-dealkylation sites (tertiary alicyclic amines) is 1. The van der Waals surface area contributed by atoms with Gasteiger partial charge in [-0.2, -0.15) is 0 Å². The molecule has 1 aliphatic rings. The normalized spacial score (nSPS) is 25.2. The van der Waals surface area contributed by atoms with Crippen molar-refractivity contribution in [2.24, 2.45) is 11.8 Å². The Bertz CT molecular complexity index is 355. The molecule has 0 spiro atoms. The third-order valence-electron chi connectivity index (χ3n) is 4.10. The van der Waals surface area contributed by atoms with Gasteiger partial charge in [0.2, 0.25) is 5.91 Å². The maximum Gasteiger partial charge on any atom is 0.234 e. The van der Waals surface area contributed by atoms with Crippen molar-refractivity contribution in [3.8, 4) is 0 Å². The Hall–Kier alpha value is -0.940. The van der Waals surface area contributed by atoms with Crippen molar-refractivity contribution in [1.82, 2.24) is 15.1 Å². The molecular weight excluding hydrogens is 254 g/mol. The zero-order valence-corrected chi connectivity index (χ0v) is 13.6. The molecule has 3 atom stereocenters. The van der Waals surface area contributed by atoms with Gasteiger partial charge in [0.05, 0.1) is 12.6 Å². The Balaban J connectivity index is 2.49. The van der Waals surface area contributed by atoms with Gasteiger partial charge in [0.1, 0.15) is 0 Å². The van der Waals surface area contributed by atoms with Crippen LogP contribution in [0.25, 0.3) is 0 Å². The van der Waals surface area contributed by atoms with Gasteiger partial charge in [0.25, 0.3) is 0 Å². The summed E-state index contributed by atoms with van der Waals surface area (Å²) in [7, 11) is 4.16.